The number of hydrogen-bond acceptors (Lipinski definition) is 6. The smallest absolute Gasteiger partial charge is 0.407 e. The number of carbonyl (C=O) groups is 4. The second-order valence-electron chi connectivity index (χ2n) is 8.61. The van der Waals surface area contributed by atoms with Gasteiger partial charge in [0.15, 0.2) is 0 Å². The summed E-state index contributed by atoms with van der Waals surface area (Å²) < 4.78 is 10.4. The van der Waals surface area contributed by atoms with Crippen LogP contribution in [0.1, 0.15) is 67.2 Å². The third kappa shape index (κ3) is 17.3. The Bertz CT molecular complexity index is 565. The van der Waals surface area contributed by atoms with Crippen LogP contribution in [0.5, 0.6) is 0 Å². The average molecular weight is 418 g/mol. The van der Waals surface area contributed by atoms with Crippen molar-refractivity contribution in [2.24, 2.45) is 0 Å². The molecule has 0 aliphatic heterocycles. The molecule has 0 aromatic carbocycles. The van der Waals surface area contributed by atoms with Gasteiger partial charge in [-0.2, -0.15) is 0 Å². The number of nitrogens with one attached hydrogen (secondary N) is 3. The number of alkyl carbamates (subject to hydrolysis) is 2. The summed E-state index contributed by atoms with van der Waals surface area (Å²) in [5, 5.41) is 16.5. The van der Waals surface area contributed by atoms with E-state index in [1.807, 2.05) is 0 Å². The number of aliphatic carboxylic acids is 1. The summed E-state index contributed by atoms with van der Waals surface area (Å²) in [4.78, 5) is 45.9. The molecule has 0 heterocycles. The van der Waals surface area contributed by atoms with E-state index in [0.717, 1.165) is 0 Å². The fourth-order valence-corrected chi connectivity index (χ4v) is 2.11. The molecule has 0 aromatic rings. The van der Waals surface area contributed by atoms with E-state index in [-0.39, 0.29) is 25.3 Å². The molecule has 10 heteroatoms. The van der Waals surface area contributed by atoms with E-state index in [4.69, 9.17) is 14.6 Å². The number of hydrogen-bond donors (Lipinski definition) is 4. The van der Waals surface area contributed by atoms with Gasteiger partial charge in [0.25, 0.3) is 0 Å². The minimum Gasteiger partial charge on any atom is -0.481 e. The van der Waals surface area contributed by atoms with Gasteiger partial charge in [-0.15, -0.1) is 0 Å². The van der Waals surface area contributed by atoms with Gasteiger partial charge in [0.2, 0.25) is 5.91 Å². The first kappa shape index (κ1) is 26.5. The van der Waals surface area contributed by atoms with Crippen LogP contribution in [0.4, 0.5) is 9.59 Å². The lowest BCUT2D eigenvalue weighted by Crippen LogP contribution is -2.46. The Kier molecular flexibility index (Phi) is 11.1. The maximum Gasteiger partial charge on any atom is 0.407 e. The zero-order chi connectivity index (χ0) is 22.7. The number of ether oxygens (including phenoxy) is 2. The van der Waals surface area contributed by atoms with E-state index < -0.39 is 35.4 Å². The summed E-state index contributed by atoms with van der Waals surface area (Å²) in [5.41, 5.74) is -1.30. The molecule has 0 bridgehead atoms. The summed E-state index contributed by atoms with van der Waals surface area (Å²) in [6, 6.07) is -0.437. The zero-order valence-corrected chi connectivity index (χ0v) is 18.2. The van der Waals surface area contributed by atoms with Gasteiger partial charge < -0.3 is 30.5 Å². The molecule has 0 aliphatic carbocycles. The zero-order valence-electron chi connectivity index (χ0n) is 18.2. The molecule has 10 nitrogen and oxygen atoms in total. The molecule has 0 saturated heterocycles. The van der Waals surface area contributed by atoms with Gasteiger partial charge in [-0.1, -0.05) is 0 Å². The van der Waals surface area contributed by atoms with Gasteiger partial charge in [0.1, 0.15) is 11.2 Å². The van der Waals surface area contributed by atoms with Crippen molar-refractivity contribution in [3.05, 3.63) is 0 Å². The number of carboxylic acid groups (broad SMARTS) is 1. The van der Waals surface area contributed by atoms with Gasteiger partial charge in [0, 0.05) is 25.6 Å². The van der Waals surface area contributed by atoms with Crippen LogP contribution in [0.2, 0.25) is 0 Å². The van der Waals surface area contributed by atoms with Crippen LogP contribution in [0.15, 0.2) is 0 Å². The highest BCUT2D eigenvalue weighted by Crippen LogP contribution is 2.08. The molecule has 0 aromatic heterocycles. The molecule has 0 saturated carbocycles. The molecule has 0 aliphatic rings. The van der Waals surface area contributed by atoms with Crippen LogP contribution >= 0.6 is 0 Å². The lowest BCUT2D eigenvalue weighted by molar-refractivity contribution is -0.138. The first-order chi connectivity index (χ1) is 13.2. The minimum atomic E-state index is -1.03. The van der Waals surface area contributed by atoms with Crippen molar-refractivity contribution in [3.8, 4) is 0 Å². The molecule has 0 fully saturated rings. The van der Waals surface area contributed by atoms with Crippen molar-refractivity contribution in [3.63, 3.8) is 0 Å². The van der Waals surface area contributed by atoms with Crippen LogP contribution in [0, 0.1) is 0 Å². The van der Waals surface area contributed by atoms with Crippen LogP contribution in [0.25, 0.3) is 0 Å². The molecule has 1 atom stereocenters. The van der Waals surface area contributed by atoms with Crippen molar-refractivity contribution >= 4 is 24.1 Å². The summed E-state index contributed by atoms with van der Waals surface area (Å²) in [6.45, 7) is 10.9. The lowest BCUT2D eigenvalue weighted by atomic mass is 10.1. The average Bonchev–Trinajstić information content (AvgIpc) is 2.50. The largest absolute Gasteiger partial charge is 0.481 e. The maximum atomic E-state index is 12.0. The first-order valence-corrected chi connectivity index (χ1v) is 9.63. The highest BCUT2D eigenvalue weighted by molar-refractivity contribution is 5.80. The van der Waals surface area contributed by atoms with Gasteiger partial charge in [-0.25, -0.2) is 9.59 Å². The Morgan fingerprint density at radius 1 is 0.862 bits per heavy atom. The Morgan fingerprint density at radius 3 is 1.93 bits per heavy atom. The molecule has 3 amide bonds. The SMILES string of the molecule is CC(C)(C)OC(=O)NC[C@@H](CCCNC(=O)CCC(=O)O)NC(=O)OC(C)(C)C. The fraction of sp³-hybridized carbons (Fsp3) is 0.789. The third-order valence-corrected chi connectivity index (χ3v) is 3.23. The third-order valence-electron chi connectivity index (χ3n) is 3.23. The van der Waals surface area contributed by atoms with Crippen LogP contribution < -0.4 is 16.0 Å². The molecular formula is C19H35N3O7. The fourth-order valence-electron chi connectivity index (χ4n) is 2.11. The molecule has 4 N–H and O–H groups in total. The summed E-state index contributed by atoms with van der Waals surface area (Å²) >= 11 is 0. The summed E-state index contributed by atoms with van der Waals surface area (Å²) in [6.07, 6.45) is -0.568. The molecule has 0 unspecified atom stereocenters. The van der Waals surface area contributed by atoms with Crippen molar-refractivity contribution in [1.29, 1.82) is 0 Å². The molecule has 168 valence electrons. The van der Waals surface area contributed by atoms with Crippen LogP contribution in [-0.2, 0) is 19.1 Å². The monoisotopic (exact) mass is 417 g/mol. The summed E-state index contributed by atoms with van der Waals surface area (Å²) in [5.74, 6) is -1.38. The van der Waals surface area contributed by atoms with Crippen molar-refractivity contribution in [1.82, 2.24) is 16.0 Å². The molecular weight excluding hydrogens is 382 g/mol. The van der Waals surface area contributed by atoms with Crippen LogP contribution in [-0.4, -0.2) is 59.5 Å². The van der Waals surface area contributed by atoms with Crippen LogP contribution in [0.3, 0.4) is 0 Å². The first-order valence-electron chi connectivity index (χ1n) is 9.63. The van der Waals surface area contributed by atoms with E-state index in [1.165, 1.54) is 0 Å². The molecule has 0 rings (SSSR count). The summed E-state index contributed by atoms with van der Waals surface area (Å²) in [7, 11) is 0. The van der Waals surface area contributed by atoms with Gasteiger partial charge >= 0.3 is 18.2 Å². The Morgan fingerprint density at radius 2 is 1.41 bits per heavy atom. The van der Waals surface area contributed by atoms with E-state index in [1.54, 1.807) is 41.5 Å². The Balaban J connectivity index is 4.55. The molecule has 29 heavy (non-hydrogen) atoms. The topological polar surface area (TPSA) is 143 Å². The predicted octanol–water partition coefficient (Wildman–Crippen LogP) is 2.17. The Labute approximate surface area is 172 Å². The normalized spacial score (nSPS) is 12.5. The predicted molar refractivity (Wildman–Crippen MR) is 107 cm³/mol. The van der Waals surface area contributed by atoms with E-state index in [0.29, 0.717) is 19.4 Å². The van der Waals surface area contributed by atoms with Gasteiger partial charge in [-0.3, -0.25) is 9.59 Å². The number of carboxylic acids is 1. The maximum absolute atomic E-state index is 12.0. The number of rotatable bonds is 10. The van der Waals surface area contributed by atoms with E-state index in [9.17, 15) is 19.2 Å². The molecule has 0 radical (unpaired) electrons. The highest BCUT2D eigenvalue weighted by atomic mass is 16.6. The van der Waals surface area contributed by atoms with E-state index in [2.05, 4.69) is 16.0 Å². The quantitative estimate of drug-likeness (QED) is 0.399. The Hall–Kier alpha value is -2.52. The standard InChI is InChI=1S/C19H35N3O7/c1-18(2,3)28-16(26)21-12-13(22-17(27)29-19(4,5)6)8-7-11-20-14(23)9-10-15(24)25/h13H,7-12H2,1-6H3,(H,20,23)(H,21,26)(H,22,27)(H,24,25)/t13-/m1/s1. The van der Waals surface area contributed by atoms with Gasteiger partial charge in [0.05, 0.1) is 6.42 Å². The number of carbonyl (C=O) groups excluding carboxylic acids is 3. The van der Waals surface area contributed by atoms with Gasteiger partial charge in [-0.05, 0) is 54.4 Å². The number of amides is 3. The van der Waals surface area contributed by atoms with Crippen molar-refractivity contribution in [2.75, 3.05) is 13.1 Å². The van der Waals surface area contributed by atoms with E-state index >= 15 is 0 Å². The lowest BCUT2D eigenvalue weighted by Gasteiger charge is -2.25. The van der Waals surface area contributed by atoms with Crippen molar-refractivity contribution < 1.29 is 33.8 Å². The second kappa shape index (κ2) is 12.1. The second-order valence-corrected chi connectivity index (χ2v) is 8.61. The minimum absolute atomic E-state index is 0.0882. The van der Waals surface area contributed by atoms with Crippen molar-refractivity contribution in [2.45, 2.75) is 84.5 Å². The molecule has 0 spiro atoms. The highest BCUT2D eigenvalue weighted by Gasteiger charge is 2.21.